The number of carbonyl (C=O) groups excluding carboxylic acids is 1. The van der Waals surface area contributed by atoms with Crippen LogP contribution < -0.4 is 15.4 Å². The highest BCUT2D eigenvalue weighted by molar-refractivity contribution is 5.74. The third-order valence-corrected chi connectivity index (χ3v) is 3.41. The molecule has 24 heavy (non-hydrogen) atoms. The summed E-state index contributed by atoms with van der Waals surface area (Å²) in [6.45, 7) is 2.01. The number of nitro groups is 1. The predicted octanol–water partition coefficient (Wildman–Crippen LogP) is 2.56. The third-order valence-electron chi connectivity index (χ3n) is 3.41. The average molecular weight is 330 g/mol. The van der Waals surface area contributed by atoms with Crippen molar-refractivity contribution in [3.05, 3.63) is 63.8 Å². The standard InChI is InChI=1S/C16H18N4O4/c1-11(12-5-3-7-14(9-12)20(22)23)19-16(21)18-10-13-6-4-8-17-15(13)24-2/h3-9,11H,10H2,1-2H3,(H2,18,19,21). The van der Waals surface area contributed by atoms with Gasteiger partial charge in [0.25, 0.3) is 5.69 Å². The van der Waals surface area contributed by atoms with Gasteiger partial charge in [-0.3, -0.25) is 10.1 Å². The molecule has 2 N–H and O–H groups in total. The fourth-order valence-corrected chi connectivity index (χ4v) is 2.16. The number of nitrogens with one attached hydrogen (secondary N) is 2. The van der Waals surface area contributed by atoms with Crippen LogP contribution in [0.25, 0.3) is 0 Å². The summed E-state index contributed by atoms with van der Waals surface area (Å²) in [4.78, 5) is 26.4. The molecule has 0 aliphatic heterocycles. The highest BCUT2D eigenvalue weighted by Gasteiger charge is 2.13. The fourth-order valence-electron chi connectivity index (χ4n) is 2.16. The number of amides is 2. The minimum Gasteiger partial charge on any atom is -0.481 e. The molecule has 0 radical (unpaired) electrons. The van der Waals surface area contributed by atoms with Crippen molar-refractivity contribution in [1.29, 1.82) is 0 Å². The summed E-state index contributed by atoms with van der Waals surface area (Å²) in [5.74, 6) is 0.449. The number of carbonyl (C=O) groups is 1. The van der Waals surface area contributed by atoms with Gasteiger partial charge < -0.3 is 15.4 Å². The fraction of sp³-hybridized carbons (Fsp3) is 0.250. The number of nitro benzene ring substituents is 1. The lowest BCUT2D eigenvalue weighted by Crippen LogP contribution is -2.36. The summed E-state index contributed by atoms with van der Waals surface area (Å²) >= 11 is 0. The molecule has 0 aliphatic rings. The number of non-ortho nitro benzene ring substituents is 1. The van der Waals surface area contributed by atoms with Gasteiger partial charge in [0, 0.05) is 30.4 Å². The Hall–Kier alpha value is -3.16. The van der Waals surface area contributed by atoms with Crippen molar-refractivity contribution in [3.63, 3.8) is 0 Å². The van der Waals surface area contributed by atoms with E-state index in [1.54, 1.807) is 37.4 Å². The lowest BCUT2D eigenvalue weighted by atomic mass is 10.1. The minimum atomic E-state index is -0.467. The third kappa shape index (κ3) is 4.42. The molecular weight excluding hydrogens is 312 g/mol. The Morgan fingerprint density at radius 2 is 2.17 bits per heavy atom. The van der Waals surface area contributed by atoms with E-state index < -0.39 is 4.92 Å². The second-order valence-electron chi connectivity index (χ2n) is 5.07. The molecule has 2 rings (SSSR count). The first kappa shape index (κ1) is 17.2. The van der Waals surface area contributed by atoms with E-state index in [0.717, 1.165) is 5.56 Å². The molecule has 0 spiro atoms. The minimum absolute atomic E-state index is 0.0124. The number of pyridine rings is 1. The van der Waals surface area contributed by atoms with Gasteiger partial charge >= 0.3 is 6.03 Å². The highest BCUT2D eigenvalue weighted by Crippen LogP contribution is 2.19. The van der Waals surface area contributed by atoms with Gasteiger partial charge in [0.1, 0.15) is 0 Å². The number of rotatable bonds is 6. The van der Waals surface area contributed by atoms with Crippen molar-refractivity contribution >= 4 is 11.7 Å². The second-order valence-corrected chi connectivity index (χ2v) is 5.07. The topological polar surface area (TPSA) is 106 Å². The summed E-state index contributed by atoms with van der Waals surface area (Å²) in [7, 11) is 1.51. The van der Waals surface area contributed by atoms with Gasteiger partial charge in [-0.25, -0.2) is 9.78 Å². The summed E-state index contributed by atoms with van der Waals surface area (Å²) in [6, 6.07) is 8.95. The van der Waals surface area contributed by atoms with E-state index >= 15 is 0 Å². The Labute approximate surface area is 139 Å². The van der Waals surface area contributed by atoms with E-state index in [1.165, 1.54) is 19.2 Å². The van der Waals surface area contributed by atoms with Crippen LogP contribution in [0.5, 0.6) is 5.88 Å². The zero-order valence-corrected chi connectivity index (χ0v) is 13.4. The molecule has 8 heteroatoms. The first-order valence-corrected chi connectivity index (χ1v) is 7.28. The molecule has 8 nitrogen and oxygen atoms in total. The van der Waals surface area contributed by atoms with Crippen molar-refractivity contribution in [2.24, 2.45) is 0 Å². The molecular formula is C16H18N4O4. The number of hydrogen-bond donors (Lipinski definition) is 2. The van der Waals surface area contributed by atoms with Gasteiger partial charge in [0.05, 0.1) is 18.1 Å². The van der Waals surface area contributed by atoms with Crippen LogP contribution >= 0.6 is 0 Å². The summed E-state index contributed by atoms with van der Waals surface area (Å²) in [5.41, 5.74) is 1.39. The maximum absolute atomic E-state index is 12.0. The quantitative estimate of drug-likeness (QED) is 0.625. The van der Waals surface area contributed by atoms with E-state index in [0.29, 0.717) is 11.4 Å². The van der Waals surface area contributed by atoms with Crippen LogP contribution in [0.3, 0.4) is 0 Å². The molecule has 0 fully saturated rings. The number of methoxy groups -OCH3 is 1. The van der Waals surface area contributed by atoms with Crippen molar-refractivity contribution in [1.82, 2.24) is 15.6 Å². The number of urea groups is 1. The molecule has 2 aromatic rings. The van der Waals surface area contributed by atoms with Crippen LogP contribution in [-0.2, 0) is 6.54 Å². The molecule has 1 aromatic heterocycles. The van der Waals surface area contributed by atoms with Gasteiger partial charge in [-0.05, 0) is 18.6 Å². The smallest absolute Gasteiger partial charge is 0.315 e. The van der Waals surface area contributed by atoms with Crippen LogP contribution in [0, 0.1) is 10.1 Å². The number of hydrogen-bond acceptors (Lipinski definition) is 5. The zero-order chi connectivity index (χ0) is 17.5. The van der Waals surface area contributed by atoms with Crippen LogP contribution in [0.2, 0.25) is 0 Å². The zero-order valence-electron chi connectivity index (χ0n) is 13.4. The van der Waals surface area contributed by atoms with Crippen LogP contribution in [0.15, 0.2) is 42.6 Å². The van der Waals surface area contributed by atoms with Gasteiger partial charge in [-0.2, -0.15) is 0 Å². The lowest BCUT2D eigenvalue weighted by Gasteiger charge is -2.15. The number of benzene rings is 1. The molecule has 1 atom stereocenters. The molecule has 2 amide bonds. The van der Waals surface area contributed by atoms with Crippen molar-refractivity contribution in [2.45, 2.75) is 19.5 Å². The SMILES string of the molecule is COc1ncccc1CNC(=O)NC(C)c1cccc([N+](=O)[O-])c1. The Morgan fingerprint density at radius 3 is 2.88 bits per heavy atom. The molecule has 126 valence electrons. The van der Waals surface area contributed by atoms with Crippen molar-refractivity contribution in [3.8, 4) is 5.88 Å². The maximum atomic E-state index is 12.0. The van der Waals surface area contributed by atoms with E-state index in [2.05, 4.69) is 15.6 Å². The van der Waals surface area contributed by atoms with Gasteiger partial charge in [0.2, 0.25) is 5.88 Å². The molecule has 0 saturated heterocycles. The molecule has 0 bridgehead atoms. The average Bonchev–Trinajstić information content (AvgIpc) is 2.60. The second kappa shape index (κ2) is 7.91. The number of ether oxygens (including phenoxy) is 1. The summed E-state index contributed by atoms with van der Waals surface area (Å²) < 4.78 is 5.12. The largest absolute Gasteiger partial charge is 0.481 e. The molecule has 1 heterocycles. The van der Waals surface area contributed by atoms with Crippen LogP contribution in [0.1, 0.15) is 24.1 Å². The van der Waals surface area contributed by atoms with Crippen molar-refractivity contribution < 1.29 is 14.5 Å². The normalized spacial score (nSPS) is 11.4. The van der Waals surface area contributed by atoms with Gasteiger partial charge in [0.15, 0.2) is 0 Å². The van der Waals surface area contributed by atoms with E-state index in [1.807, 2.05) is 0 Å². The maximum Gasteiger partial charge on any atom is 0.315 e. The summed E-state index contributed by atoms with van der Waals surface area (Å²) in [6.07, 6.45) is 1.60. The van der Waals surface area contributed by atoms with Crippen molar-refractivity contribution in [2.75, 3.05) is 7.11 Å². The Kier molecular flexibility index (Phi) is 5.67. The molecule has 0 aliphatic carbocycles. The van der Waals surface area contributed by atoms with Gasteiger partial charge in [-0.15, -0.1) is 0 Å². The van der Waals surface area contributed by atoms with Crippen LogP contribution in [-0.4, -0.2) is 23.0 Å². The number of aromatic nitrogens is 1. The van der Waals surface area contributed by atoms with Gasteiger partial charge in [-0.1, -0.05) is 18.2 Å². The first-order valence-electron chi connectivity index (χ1n) is 7.28. The monoisotopic (exact) mass is 330 g/mol. The Morgan fingerprint density at radius 1 is 1.38 bits per heavy atom. The number of nitrogens with zero attached hydrogens (tertiary/aromatic N) is 2. The molecule has 1 unspecified atom stereocenters. The van der Waals surface area contributed by atoms with E-state index in [4.69, 9.17) is 4.74 Å². The first-order chi connectivity index (χ1) is 11.5. The predicted molar refractivity (Wildman–Crippen MR) is 87.7 cm³/mol. The summed E-state index contributed by atoms with van der Waals surface area (Å²) in [5, 5.41) is 16.2. The highest BCUT2D eigenvalue weighted by atomic mass is 16.6. The Bertz CT molecular complexity index is 736. The molecule has 1 aromatic carbocycles. The van der Waals surface area contributed by atoms with E-state index in [9.17, 15) is 14.9 Å². The van der Waals surface area contributed by atoms with E-state index in [-0.39, 0.29) is 24.3 Å². The molecule has 0 saturated carbocycles. The Balaban J connectivity index is 1.94. The lowest BCUT2D eigenvalue weighted by molar-refractivity contribution is -0.384. The van der Waals surface area contributed by atoms with Crippen LogP contribution in [0.4, 0.5) is 10.5 Å².